The predicted molar refractivity (Wildman–Crippen MR) is 481 cm³/mol. The average Bonchev–Trinajstić information content (AvgIpc) is 1.58. The maximum absolute atomic E-state index is 6.45. The Balaban J connectivity index is 0.866. The van der Waals surface area contributed by atoms with E-state index in [-0.39, 0.29) is 0 Å². The summed E-state index contributed by atoms with van der Waals surface area (Å²) < 4.78 is 25.8. The van der Waals surface area contributed by atoms with Gasteiger partial charge < -0.3 is 28.4 Å². The van der Waals surface area contributed by atoms with E-state index in [0.29, 0.717) is 11.8 Å². The molecule has 0 spiro atoms. The summed E-state index contributed by atoms with van der Waals surface area (Å²) in [5.41, 5.74) is 35.6. The largest absolute Gasteiger partial charge is 0.494 e. The highest BCUT2D eigenvalue weighted by Gasteiger charge is 2.53. The van der Waals surface area contributed by atoms with Gasteiger partial charge in [-0.2, -0.15) is 0 Å². The zero-order valence-electron chi connectivity index (χ0n) is 71.1. The first-order valence-electron chi connectivity index (χ1n) is 42.0. The van der Waals surface area contributed by atoms with Gasteiger partial charge in [0.15, 0.2) is 0 Å². The zero-order chi connectivity index (χ0) is 79.6. The van der Waals surface area contributed by atoms with E-state index in [1.54, 1.807) is 0 Å². The lowest BCUT2D eigenvalue weighted by Crippen LogP contribution is -2.41. The molecular weight excluding hydrogens is 1360 g/mol. The highest BCUT2D eigenvalue weighted by atomic mass is 16.7. The van der Waals surface area contributed by atoms with Crippen LogP contribution in [0.15, 0.2) is 218 Å². The molecule has 0 radical (unpaired) electrons. The summed E-state index contributed by atoms with van der Waals surface area (Å²) >= 11 is 0. The molecule has 0 saturated carbocycles. The maximum atomic E-state index is 6.45. The van der Waals surface area contributed by atoms with Crippen LogP contribution in [0, 0.1) is 53.4 Å². The lowest BCUT2D eigenvalue weighted by atomic mass is 9.78. The fourth-order valence-electron chi connectivity index (χ4n) is 17.0. The SMILES string of the molecule is CCCCCCc1cc(-c2ccc(N(c3ccc(-c4ccc(B5OC(C)(C)C(C)(C)O5)cc4)cc3)c3ccc(-c4c(C)cc(CC(C)C)cc4C)cc3)cc2C)c(CCCCCC)cc1-c1ccc(N(c2ccc(-c3ccc(B4OC(C)(C)C(C)(C)O4)cc3)cc2)c2ccc(-c3cc(C)c(CC(C)C)c(C)c3)cc2)cc1C. The van der Waals surface area contributed by atoms with Crippen LogP contribution in [-0.4, -0.2) is 36.6 Å². The van der Waals surface area contributed by atoms with Gasteiger partial charge in [-0.15, -0.1) is 0 Å². The Morgan fingerprint density at radius 2 is 0.607 bits per heavy atom. The van der Waals surface area contributed by atoms with Crippen LogP contribution in [0.4, 0.5) is 34.1 Å². The maximum Gasteiger partial charge on any atom is 0.494 e. The van der Waals surface area contributed by atoms with E-state index in [1.807, 2.05) is 0 Å². The topological polar surface area (TPSA) is 43.4 Å². The van der Waals surface area contributed by atoms with Crippen molar-refractivity contribution in [3.8, 4) is 66.8 Å². The number of unbranched alkanes of at least 4 members (excludes halogenated alkanes) is 6. The van der Waals surface area contributed by atoms with Crippen molar-refractivity contribution in [3.05, 3.63) is 274 Å². The van der Waals surface area contributed by atoms with Gasteiger partial charge in [-0.3, -0.25) is 0 Å². The summed E-state index contributed by atoms with van der Waals surface area (Å²) in [7, 11) is -0.819. The van der Waals surface area contributed by atoms with E-state index >= 15 is 0 Å². The minimum Gasteiger partial charge on any atom is -0.399 e. The molecular formula is C104H122B2N2O4. The number of aryl methyl sites for hydroxylation is 8. The highest BCUT2D eigenvalue weighted by Crippen LogP contribution is 2.46. The van der Waals surface area contributed by atoms with Crippen molar-refractivity contribution in [2.75, 3.05) is 9.80 Å². The summed E-state index contributed by atoms with van der Waals surface area (Å²) in [6.45, 7) is 44.5. The number of anilines is 6. The first kappa shape index (κ1) is 81.0. The van der Waals surface area contributed by atoms with Crippen molar-refractivity contribution < 1.29 is 18.6 Å². The predicted octanol–water partition coefficient (Wildman–Crippen LogP) is 27.7. The van der Waals surface area contributed by atoms with Gasteiger partial charge in [0.2, 0.25) is 0 Å². The highest BCUT2D eigenvalue weighted by molar-refractivity contribution is 6.62. The summed E-state index contributed by atoms with van der Waals surface area (Å²) in [5, 5.41) is 0. The molecule has 13 rings (SSSR count). The van der Waals surface area contributed by atoms with Gasteiger partial charge in [-0.1, -0.05) is 226 Å². The monoisotopic (exact) mass is 1480 g/mol. The Labute approximate surface area is 674 Å². The second kappa shape index (κ2) is 34.0. The summed E-state index contributed by atoms with van der Waals surface area (Å²) in [4.78, 5) is 4.89. The summed E-state index contributed by atoms with van der Waals surface area (Å²) in [6, 6.07) is 83.4. The Morgan fingerprint density at radius 3 is 0.929 bits per heavy atom. The molecule has 0 unspecified atom stereocenters. The third-order valence-corrected chi connectivity index (χ3v) is 24.7. The van der Waals surface area contributed by atoms with Crippen LogP contribution >= 0.6 is 0 Å². The van der Waals surface area contributed by atoms with E-state index in [2.05, 4.69) is 367 Å². The van der Waals surface area contributed by atoms with Crippen LogP contribution in [0.1, 0.15) is 204 Å². The van der Waals surface area contributed by atoms with Gasteiger partial charge in [0.1, 0.15) is 0 Å². The number of hydrogen-bond donors (Lipinski definition) is 0. The molecule has 0 bridgehead atoms. The minimum atomic E-state index is -0.410. The fraction of sp³-hybridized carbons (Fsp3) is 0.365. The lowest BCUT2D eigenvalue weighted by Gasteiger charge is -2.32. The second-order valence-electron chi connectivity index (χ2n) is 35.5. The summed E-state index contributed by atoms with van der Waals surface area (Å²) in [5.74, 6) is 1.20. The fourth-order valence-corrected chi connectivity index (χ4v) is 17.0. The van der Waals surface area contributed by atoms with Crippen molar-refractivity contribution in [3.63, 3.8) is 0 Å². The van der Waals surface area contributed by atoms with E-state index in [0.717, 1.165) is 106 Å². The molecule has 11 aromatic carbocycles. The molecule has 8 heteroatoms. The molecule has 2 fully saturated rings. The Kier molecular flexibility index (Phi) is 24.6. The van der Waals surface area contributed by atoms with Crippen molar-refractivity contribution in [2.45, 2.75) is 238 Å². The molecule has 6 nitrogen and oxygen atoms in total. The van der Waals surface area contributed by atoms with Gasteiger partial charge in [0, 0.05) is 34.1 Å². The van der Waals surface area contributed by atoms with Crippen LogP contribution in [0.5, 0.6) is 0 Å². The standard InChI is InChI=1S/C104H122B2N2O4/c1-21-23-25-27-29-84-68-99(96-58-56-94(66-74(96)10)108(92-53-41-83(42-54-92)100-75(11)61-77(59-69(3)4)62-76(100)12)90-49-37-81(38-50-90)79-33-45-88(46-34-79)106-111-103(17,18)104(19,20)112-106)85(30-28-26-24-22-2)67-98(84)95-57-55-93(65-73(95)9)107(91-51-39-82(40-52-91)86-63-71(7)97(60-70(5)6)72(8)64-86)89-47-35-80(36-48-89)78-31-43-87(44-32-78)105-109-101(13,14)102(15,16)110-105/h31-58,61-70H,21-30,59-60H2,1-20H3. The molecule has 0 atom stereocenters. The van der Waals surface area contributed by atoms with Gasteiger partial charge in [-0.05, 0) is 353 Å². The minimum absolute atomic E-state index is 0.406. The molecule has 2 aliphatic rings. The number of benzene rings is 11. The lowest BCUT2D eigenvalue weighted by molar-refractivity contribution is 0.00578. The van der Waals surface area contributed by atoms with E-state index in [4.69, 9.17) is 18.6 Å². The second-order valence-corrected chi connectivity index (χ2v) is 35.5. The van der Waals surface area contributed by atoms with Gasteiger partial charge in [-0.25, -0.2) is 0 Å². The Hall–Kier alpha value is -9.01. The zero-order valence-corrected chi connectivity index (χ0v) is 71.1. The molecule has 0 aromatic heterocycles. The van der Waals surface area contributed by atoms with Gasteiger partial charge in [0.05, 0.1) is 22.4 Å². The van der Waals surface area contributed by atoms with Gasteiger partial charge in [0.25, 0.3) is 0 Å². The quantitative estimate of drug-likeness (QED) is 0.0360. The van der Waals surface area contributed by atoms with E-state index in [1.165, 1.54) is 139 Å². The van der Waals surface area contributed by atoms with Crippen LogP contribution in [-0.2, 0) is 44.3 Å². The number of nitrogens with zero attached hydrogens (tertiary/aromatic N) is 2. The summed E-state index contributed by atoms with van der Waals surface area (Å²) in [6.07, 6.45) is 13.7. The van der Waals surface area contributed by atoms with Crippen LogP contribution < -0.4 is 20.7 Å². The molecule has 0 aliphatic carbocycles. The number of rotatable bonds is 28. The van der Waals surface area contributed by atoms with E-state index in [9.17, 15) is 0 Å². The average molecular weight is 1490 g/mol. The van der Waals surface area contributed by atoms with Crippen molar-refractivity contribution in [1.29, 1.82) is 0 Å². The molecule has 112 heavy (non-hydrogen) atoms. The van der Waals surface area contributed by atoms with Crippen LogP contribution in [0.3, 0.4) is 0 Å². The molecule has 11 aromatic rings. The first-order chi connectivity index (χ1) is 53.5. The normalized spacial score (nSPS) is 14.9. The molecule has 0 N–H and O–H groups in total. The van der Waals surface area contributed by atoms with E-state index < -0.39 is 36.6 Å². The first-order valence-corrected chi connectivity index (χ1v) is 42.0. The van der Waals surface area contributed by atoms with Gasteiger partial charge >= 0.3 is 14.2 Å². The van der Waals surface area contributed by atoms with Crippen LogP contribution in [0.2, 0.25) is 0 Å². The smallest absolute Gasteiger partial charge is 0.399 e. The molecule has 578 valence electrons. The Bertz CT molecular complexity index is 5010. The van der Waals surface area contributed by atoms with Crippen molar-refractivity contribution in [1.82, 2.24) is 0 Å². The third-order valence-electron chi connectivity index (χ3n) is 24.7. The number of hydrogen-bond acceptors (Lipinski definition) is 6. The molecule has 2 heterocycles. The Morgan fingerprint density at radius 1 is 0.295 bits per heavy atom. The van der Waals surface area contributed by atoms with Crippen LogP contribution in [0.25, 0.3) is 66.8 Å². The van der Waals surface area contributed by atoms with Crippen molar-refractivity contribution >= 4 is 59.3 Å². The molecule has 2 aliphatic heterocycles. The third kappa shape index (κ3) is 17.7. The van der Waals surface area contributed by atoms with Crippen molar-refractivity contribution in [2.24, 2.45) is 11.8 Å². The molecule has 2 saturated heterocycles. The molecule has 0 amide bonds.